The molecule has 4 rings (SSSR count). The maximum Gasteiger partial charge on any atom is 0.264 e. The number of carbonyl (C=O) groups excluding carboxylic acids is 3. The average Bonchev–Trinajstić information content (AvgIpc) is 3.53. The van der Waals surface area contributed by atoms with Crippen LogP contribution in [0.2, 0.25) is 0 Å². The largest absolute Gasteiger partial charge is 0.394 e. The molecule has 1 aromatic rings. The second-order valence-electron chi connectivity index (χ2n) is 12.2. The van der Waals surface area contributed by atoms with Gasteiger partial charge in [-0.05, 0) is 77.5 Å². The average molecular weight is 578 g/mol. The third-order valence-corrected chi connectivity index (χ3v) is 8.89. The quantitative estimate of drug-likeness (QED) is 0.361. The number of rotatable bonds is 11. The van der Waals surface area contributed by atoms with Crippen LogP contribution in [0.3, 0.4) is 0 Å². The normalized spacial score (nSPS) is 23.6. The molecule has 8 nitrogen and oxygen atoms in total. The highest BCUT2D eigenvalue weighted by atomic mass is 16.3. The number of nitrogens with zero attached hydrogens (tertiary/aromatic N) is 3. The van der Waals surface area contributed by atoms with E-state index in [0.717, 1.165) is 38.5 Å². The first kappa shape index (κ1) is 31.7. The minimum Gasteiger partial charge on any atom is -0.394 e. The number of fused-ring (bicyclic) bond motifs is 1. The fraction of sp³-hybridized carbons (Fsp3) is 0.559. The number of aliphatic hydroxyl groups excluding tert-OH is 1. The van der Waals surface area contributed by atoms with Gasteiger partial charge in [0, 0.05) is 49.6 Å². The van der Waals surface area contributed by atoms with Crippen LogP contribution in [0.15, 0.2) is 53.6 Å². The maximum atomic E-state index is 14.0. The molecule has 228 valence electrons. The maximum absolute atomic E-state index is 14.0. The summed E-state index contributed by atoms with van der Waals surface area (Å²) in [7, 11) is 0. The lowest BCUT2D eigenvalue weighted by atomic mass is 9.82. The van der Waals surface area contributed by atoms with Gasteiger partial charge in [0.1, 0.15) is 0 Å². The molecular formula is C34H47N3O5. The smallest absolute Gasteiger partial charge is 0.264 e. The summed E-state index contributed by atoms with van der Waals surface area (Å²) in [6.45, 7) is 9.55. The van der Waals surface area contributed by atoms with E-state index in [4.69, 9.17) is 0 Å². The molecule has 42 heavy (non-hydrogen) atoms. The van der Waals surface area contributed by atoms with Crippen LogP contribution in [0.4, 0.5) is 11.4 Å². The SMILES string of the molecule is CC(C)=CCC/C(C)=C/CN1C(=O)[C@@](O)([C@@H](C)/C=C/CC(=O)N2CCC[C@H]2CO)c2cc(N3CCCCC3=O)ccc21. The lowest BCUT2D eigenvalue weighted by Gasteiger charge is -2.30. The molecule has 8 heteroatoms. The molecule has 2 fully saturated rings. The Morgan fingerprint density at radius 1 is 1.12 bits per heavy atom. The summed E-state index contributed by atoms with van der Waals surface area (Å²) in [5.41, 5.74) is 2.43. The highest BCUT2D eigenvalue weighted by Gasteiger charge is 2.52. The van der Waals surface area contributed by atoms with Crippen LogP contribution in [0.1, 0.15) is 84.6 Å². The van der Waals surface area contributed by atoms with Gasteiger partial charge in [-0.1, -0.05) is 42.4 Å². The van der Waals surface area contributed by atoms with Crippen LogP contribution in [0, 0.1) is 5.92 Å². The number of hydrogen-bond acceptors (Lipinski definition) is 5. The van der Waals surface area contributed by atoms with Crippen molar-refractivity contribution in [3.63, 3.8) is 0 Å². The molecule has 3 aliphatic heterocycles. The van der Waals surface area contributed by atoms with Gasteiger partial charge in [0.2, 0.25) is 11.8 Å². The topological polar surface area (TPSA) is 101 Å². The molecule has 3 amide bonds. The van der Waals surface area contributed by atoms with E-state index in [-0.39, 0.29) is 30.9 Å². The number of aliphatic hydroxyl groups is 2. The lowest BCUT2D eigenvalue weighted by Crippen LogP contribution is -2.44. The highest BCUT2D eigenvalue weighted by molar-refractivity contribution is 6.08. The van der Waals surface area contributed by atoms with E-state index in [2.05, 4.69) is 26.8 Å². The molecule has 3 atom stereocenters. The Bertz CT molecular complexity index is 1260. The Kier molecular flexibility index (Phi) is 10.4. The molecule has 1 aromatic carbocycles. The molecule has 0 unspecified atom stereocenters. The Morgan fingerprint density at radius 2 is 1.90 bits per heavy atom. The molecule has 0 aromatic heterocycles. The van der Waals surface area contributed by atoms with E-state index in [1.54, 1.807) is 39.8 Å². The first-order chi connectivity index (χ1) is 20.1. The molecule has 0 saturated carbocycles. The molecule has 0 radical (unpaired) electrons. The van der Waals surface area contributed by atoms with Crippen molar-refractivity contribution in [2.45, 2.75) is 90.7 Å². The minimum absolute atomic E-state index is 0.0442. The predicted molar refractivity (Wildman–Crippen MR) is 166 cm³/mol. The third-order valence-electron chi connectivity index (χ3n) is 8.89. The molecular weight excluding hydrogens is 530 g/mol. The summed E-state index contributed by atoms with van der Waals surface area (Å²) in [4.78, 5) is 44.6. The van der Waals surface area contributed by atoms with Crippen molar-refractivity contribution in [2.75, 3.05) is 36.0 Å². The summed E-state index contributed by atoms with van der Waals surface area (Å²) < 4.78 is 0. The molecule has 0 bridgehead atoms. The fourth-order valence-corrected chi connectivity index (χ4v) is 6.28. The van der Waals surface area contributed by atoms with Crippen molar-refractivity contribution < 1.29 is 24.6 Å². The Balaban J connectivity index is 1.60. The summed E-state index contributed by atoms with van der Waals surface area (Å²) in [5.74, 6) is -1.04. The van der Waals surface area contributed by atoms with Crippen molar-refractivity contribution in [1.29, 1.82) is 0 Å². The van der Waals surface area contributed by atoms with Gasteiger partial charge in [-0.15, -0.1) is 0 Å². The standard InChI is InChI=1S/C34H47N3O5/c1-24(2)10-7-11-25(3)18-21-37-30-17-16-27(35-19-6-5-14-31(35)39)22-29(30)34(42,33(37)41)26(4)12-8-15-32(40)36-20-9-13-28(36)23-38/h8,10,12,16-18,22,26,28,38,42H,5-7,9,11,13-15,19-21,23H2,1-4H3/b12-8+,25-18+/t26-,28-,34+/m0/s1. The van der Waals surface area contributed by atoms with Crippen LogP contribution in [-0.4, -0.2) is 65.1 Å². The number of piperidine rings is 1. The third kappa shape index (κ3) is 6.70. The van der Waals surface area contributed by atoms with E-state index in [1.807, 2.05) is 18.2 Å². The Morgan fingerprint density at radius 3 is 2.62 bits per heavy atom. The van der Waals surface area contributed by atoms with Crippen molar-refractivity contribution in [2.24, 2.45) is 5.92 Å². The van der Waals surface area contributed by atoms with Crippen molar-refractivity contribution in [1.82, 2.24) is 4.90 Å². The van der Waals surface area contributed by atoms with Crippen molar-refractivity contribution in [3.8, 4) is 0 Å². The monoisotopic (exact) mass is 577 g/mol. The van der Waals surface area contributed by atoms with Gasteiger partial charge in [-0.3, -0.25) is 14.4 Å². The zero-order chi connectivity index (χ0) is 30.4. The first-order valence-electron chi connectivity index (χ1n) is 15.4. The lowest BCUT2D eigenvalue weighted by molar-refractivity contribution is -0.139. The second-order valence-corrected chi connectivity index (χ2v) is 12.2. The van der Waals surface area contributed by atoms with Gasteiger partial charge in [-0.2, -0.15) is 0 Å². The number of benzene rings is 1. The van der Waals surface area contributed by atoms with Crippen molar-refractivity contribution in [3.05, 3.63) is 59.2 Å². The van der Waals surface area contributed by atoms with Crippen LogP contribution in [0.25, 0.3) is 0 Å². The van der Waals surface area contributed by atoms with Crippen LogP contribution in [0.5, 0.6) is 0 Å². The second kappa shape index (κ2) is 13.8. The molecule has 3 heterocycles. The van der Waals surface area contributed by atoms with Crippen LogP contribution < -0.4 is 9.80 Å². The van der Waals surface area contributed by atoms with Gasteiger partial charge >= 0.3 is 0 Å². The van der Waals surface area contributed by atoms with Gasteiger partial charge in [0.15, 0.2) is 5.60 Å². The van der Waals surface area contributed by atoms with Crippen LogP contribution >= 0.6 is 0 Å². The Labute approximate surface area is 250 Å². The van der Waals surface area contributed by atoms with E-state index < -0.39 is 17.4 Å². The fourth-order valence-electron chi connectivity index (χ4n) is 6.28. The zero-order valence-electron chi connectivity index (χ0n) is 25.6. The molecule has 3 aliphatic rings. The number of allylic oxidation sites excluding steroid dienone is 3. The molecule has 0 spiro atoms. The van der Waals surface area contributed by atoms with Gasteiger partial charge in [0.05, 0.1) is 18.3 Å². The minimum atomic E-state index is -1.84. The summed E-state index contributed by atoms with van der Waals surface area (Å²) >= 11 is 0. The number of amides is 3. The zero-order valence-corrected chi connectivity index (χ0v) is 25.6. The summed E-state index contributed by atoms with van der Waals surface area (Å²) in [6, 6.07) is 5.37. The molecule has 2 saturated heterocycles. The van der Waals surface area contributed by atoms with Gasteiger partial charge in [-0.25, -0.2) is 0 Å². The molecule has 0 aliphatic carbocycles. The number of carbonyl (C=O) groups is 3. The number of likely N-dealkylation sites (tertiary alicyclic amines) is 1. The highest BCUT2D eigenvalue weighted by Crippen LogP contribution is 2.47. The number of anilines is 2. The van der Waals surface area contributed by atoms with E-state index in [9.17, 15) is 24.6 Å². The van der Waals surface area contributed by atoms with Gasteiger partial charge < -0.3 is 24.9 Å². The molecule has 2 N–H and O–H groups in total. The number of hydrogen-bond donors (Lipinski definition) is 2. The van der Waals surface area contributed by atoms with Crippen molar-refractivity contribution >= 4 is 29.1 Å². The van der Waals surface area contributed by atoms with E-state index >= 15 is 0 Å². The first-order valence-corrected chi connectivity index (χ1v) is 15.4. The summed E-state index contributed by atoms with van der Waals surface area (Å²) in [5, 5.41) is 21.7. The van der Waals surface area contributed by atoms with E-state index in [0.29, 0.717) is 43.0 Å². The van der Waals surface area contributed by atoms with Crippen LogP contribution in [-0.2, 0) is 20.0 Å². The summed E-state index contributed by atoms with van der Waals surface area (Å²) in [6.07, 6.45) is 13.6. The predicted octanol–water partition coefficient (Wildman–Crippen LogP) is 5.00. The van der Waals surface area contributed by atoms with Gasteiger partial charge in [0.25, 0.3) is 5.91 Å². The Hall–Kier alpha value is -3.23. The van der Waals surface area contributed by atoms with E-state index in [1.165, 1.54) is 11.1 Å².